The number of nitrogens with one attached hydrogen (secondary N) is 2. The zero-order valence-corrected chi connectivity index (χ0v) is 9.36. The van der Waals surface area contributed by atoms with Gasteiger partial charge in [-0.3, -0.25) is 4.79 Å². The predicted octanol–water partition coefficient (Wildman–Crippen LogP) is 0.387. The molecule has 0 aliphatic rings. The van der Waals surface area contributed by atoms with Crippen molar-refractivity contribution in [2.75, 3.05) is 24.1 Å². The number of nitrogen functional groups attached to an aromatic ring is 1. The van der Waals surface area contributed by atoms with Crippen molar-refractivity contribution >= 4 is 17.5 Å². The molecule has 0 unspecified atom stereocenters. The van der Waals surface area contributed by atoms with Crippen molar-refractivity contribution in [3.8, 4) is 0 Å². The third-order valence-electron chi connectivity index (χ3n) is 1.88. The van der Waals surface area contributed by atoms with Gasteiger partial charge in [-0.25, -0.2) is 9.97 Å². The first kappa shape index (κ1) is 12.2. The predicted molar refractivity (Wildman–Crippen MR) is 62.9 cm³/mol. The van der Waals surface area contributed by atoms with Crippen molar-refractivity contribution in [1.29, 1.82) is 0 Å². The van der Waals surface area contributed by atoms with Crippen LogP contribution < -0.4 is 16.4 Å². The second-order valence-electron chi connectivity index (χ2n) is 3.37. The monoisotopic (exact) mass is 223 g/mol. The van der Waals surface area contributed by atoms with Gasteiger partial charge in [0.25, 0.3) is 0 Å². The van der Waals surface area contributed by atoms with Crippen LogP contribution >= 0.6 is 0 Å². The molecular formula is C10H17N5O. The third-order valence-corrected chi connectivity index (χ3v) is 1.88. The maximum Gasteiger partial charge on any atom is 0.222 e. The van der Waals surface area contributed by atoms with E-state index in [-0.39, 0.29) is 5.91 Å². The number of carbonyl (C=O) groups excluding carboxylic acids is 1. The Hall–Kier alpha value is -1.85. The Balaban J connectivity index is 2.20. The Morgan fingerprint density at radius 1 is 1.38 bits per heavy atom. The fraction of sp³-hybridized carbons (Fsp3) is 0.500. The van der Waals surface area contributed by atoms with Crippen molar-refractivity contribution in [2.24, 2.45) is 0 Å². The summed E-state index contributed by atoms with van der Waals surface area (Å²) < 4.78 is 0. The number of carbonyl (C=O) groups is 1. The number of nitrogens with zero attached hydrogens (tertiary/aromatic N) is 2. The quantitative estimate of drug-likeness (QED) is 0.648. The van der Waals surface area contributed by atoms with Gasteiger partial charge in [0.05, 0.1) is 18.1 Å². The topological polar surface area (TPSA) is 92.9 Å². The maximum absolute atomic E-state index is 11.2. The molecule has 1 aromatic heterocycles. The van der Waals surface area contributed by atoms with Crippen LogP contribution in [0.5, 0.6) is 0 Å². The molecule has 0 saturated carbocycles. The highest BCUT2D eigenvalue weighted by Gasteiger charge is 2.00. The molecule has 6 heteroatoms. The first-order chi connectivity index (χ1) is 7.72. The van der Waals surface area contributed by atoms with Crippen molar-refractivity contribution < 1.29 is 4.79 Å². The summed E-state index contributed by atoms with van der Waals surface area (Å²) in [5.41, 5.74) is 5.96. The van der Waals surface area contributed by atoms with E-state index in [0.717, 1.165) is 13.0 Å². The lowest BCUT2D eigenvalue weighted by atomic mass is 10.4. The first-order valence-electron chi connectivity index (χ1n) is 5.30. The van der Waals surface area contributed by atoms with Crippen LogP contribution in [0.15, 0.2) is 12.4 Å². The van der Waals surface area contributed by atoms with Gasteiger partial charge in [0, 0.05) is 19.5 Å². The van der Waals surface area contributed by atoms with E-state index in [9.17, 15) is 4.79 Å². The average Bonchev–Trinajstić information content (AvgIpc) is 2.29. The lowest BCUT2D eigenvalue weighted by Gasteiger charge is -2.05. The Labute approximate surface area is 94.7 Å². The molecule has 0 aromatic carbocycles. The van der Waals surface area contributed by atoms with Crippen molar-refractivity contribution in [2.45, 2.75) is 19.8 Å². The van der Waals surface area contributed by atoms with E-state index >= 15 is 0 Å². The molecule has 16 heavy (non-hydrogen) atoms. The van der Waals surface area contributed by atoms with Crippen molar-refractivity contribution in [3.63, 3.8) is 0 Å². The van der Waals surface area contributed by atoms with E-state index in [1.54, 1.807) is 0 Å². The Morgan fingerprint density at radius 2 is 2.06 bits per heavy atom. The zero-order chi connectivity index (χ0) is 11.8. The minimum Gasteiger partial charge on any atom is -0.396 e. The Kier molecular flexibility index (Phi) is 5.04. The molecular weight excluding hydrogens is 206 g/mol. The summed E-state index contributed by atoms with van der Waals surface area (Å²) in [5.74, 6) is 0.516. The van der Waals surface area contributed by atoms with Crippen LogP contribution in [0.3, 0.4) is 0 Å². The molecule has 88 valence electrons. The van der Waals surface area contributed by atoms with Gasteiger partial charge in [-0.05, 0) is 6.42 Å². The summed E-state index contributed by atoms with van der Waals surface area (Å²) in [6, 6.07) is 0. The lowest BCUT2D eigenvalue weighted by molar-refractivity contribution is -0.120. The summed E-state index contributed by atoms with van der Waals surface area (Å²) in [7, 11) is 0. The van der Waals surface area contributed by atoms with Crippen molar-refractivity contribution in [1.82, 2.24) is 15.3 Å². The van der Waals surface area contributed by atoms with Crippen LogP contribution in [-0.4, -0.2) is 29.0 Å². The van der Waals surface area contributed by atoms with E-state index < -0.39 is 0 Å². The summed E-state index contributed by atoms with van der Waals surface area (Å²) in [5, 5.41) is 5.73. The van der Waals surface area contributed by atoms with Gasteiger partial charge in [0.1, 0.15) is 0 Å². The second-order valence-corrected chi connectivity index (χ2v) is 3.37. The molecule has 0 radical (unpaired) electrons. The van der Waals surface area contributed by atoms with E-state index in [0.29, 0.717) is 24.6 Å². The van der Waals surface area contributed by atoms with Gasteiger partial charge in [-0.1, -0.05) is 6.92 Å². The average molecular weight is 223 g/mol. The lowest BCUT2D eigenvalue weighted by Crippen LogP contribution is -2.26. The van der Waals surface area contributed by atoms with E-state index in [2.05, 4.69) is 20.6 Å². The van der Waals surface area contributed by atoms with Crippen molar-refractivity contribution in [3.05, 3.63) is 12.4 Å². The minimum atomic E-state index is 0.0322. The first-order valence-corrected chi connectivity index (χ1v) is 5.30. The molecule has 1 heterocycles. The standard InChI is InChI=1S/C10H17N5O/c1-2-4-12-9(16)3-5-13-10-14-6-8(11)7-15-10/h6-7H,2-5,11H2,1H3,(H,12,16)(H,13,14,15). The number of amides is 1. The number of aromatic nitrogens is 2. The highest BCUT2D eigenvalue weighted by Crippen LogP contribution is 2.00. The zero-order valence-electron chi connectivity index (χ0n) is 9.36. The van der Waals surface area contributed by atoms with E-state index in [1.165, 1.54) is 12.4 Å². The van der Waals surface area contributed by atoms with E-state index in [1.807, 2.05) is 6.92 Å². The SMILES string of the molecule is CCCNC(=O)CCNc1ncc(N)cn1. The van der Waals surface area contributed by atoms with Crippen LogP contribution in [0.1, 0.15) is 19.8 Å². The second kappa shape index (κ2) is 6.60. The fourth-order valence-electron chi connectivity index (χ4n) is 1.07. The molecule has 0 aliphatic heterocycles. The number of nitrogens with two attached hydrogens (primary N) is 1. The number of hydrogen-bond acceptors (Lipinski definition) is 5. The molecule has 0 spiro atoms. The summed E-state index contributed by atoms with van der Waals surface area (Å²) >= 11 is 0. The number of hydrogen-bond donors (Lipinski definition) is 3. The van der Waals surface area contributed by atoms with Gasteiger partial charge >= 0.3 is 0 Å². The summed E-state index contributed by atoms with van der Waals surface area (Å²) in [6.07, 6.45) is 4.40. The van der Waals surface area contributed by atoms with Crippen LogP contribution in [0, 0.1) is 0 Å². The molecule has 0 aliphatic carbocycles. The van der Waals surface area contributed by atoms with E-state index in [4.69, 9.17) is 5.73 Å². The van der Waals surface area contributed by atoms with Crippen LogP contribution in [0.2, 0.25) is 0 Å². The summed E-state index contributed by atoms with van der Waals surface area (Å²) in [4.78, 5) is 19.2. The highest BCUT2D eigenvalue weighted by atomic mass is 16.1. The summed E-state index contributed by atoms with van der Waals surface area (Å²) in [6.45, 7) is 3.25. The van der Waals surface area contributed by atoms with Crippen LogP contribution in [0.25, 0.3) is 0 Å². The molecule has 1 amide bonds. The van der Waals surface area contributed by atoms with Gasteiger partial charge in [-0.2, -0.15) is 0 Å². The molecule has 4 N–H and O–H groups in total. The normalized spacial score (nSPS) is 9.81. The van der Waals surface area contributed by atoms with Gasteiger partial charge in [0.15, 0.2) is 0 Å². The van der Waals surface area contributed by atoms with Gasteiger partial charge in [-0.15, -0.1) is 0 Å². The van der Waals surface area contributed by atoms with Gasteiger partial charge < -0.3 is 16.4 Å². The molecule has 1 aromatic rings. The molecule has 0 bridgehead atoms. The number of anilines is 2. The highest BCUT2D eigenvalue weighted by molar-refractivity contribution is 5.76. The fourth-order valence-corrected chi connectivity index (χ4v) is 1.07. The minimum absolute atomic E-state index is 0.0322. The Bertz CT molecular complexity index is 324. The van der Waals surface area contributed by atoms with Crippen LogP contribution in [-0.2, 0) is 4.79 Å². The molecule has 1 rings (SSSR count). The molecule has 0 fully saturated rings. The van der Waals surface area contributed by atoms with Gasteiger partial charge in [0.2, 0.25) is 11.9 Å². The maximum atomic E-state index is 11.2. The molecule has 0 atom stereocenters. The molecule has 0 saturated heterocycles. The third kappa shape index (κ3) is 4.59. The van der Waals surface area contributed by atoms with Crippen LogP contribution in [0.4, 0.5) is 11.6 Å². The largest absolute Gasteiger partial charge is 0.396 e. The molecule has 6 nitrogen and oxygen atoms in total. The Morgan fingerprint density at radius 3 is 2.69 bits per heavy atom. The number of rotatable bonds is 6. The smallest absolute Gasteiger partial charge is 0.222 e.